The van der Waals surface area contributed by atoms with Gasteiger partial charge < -0.3 is 16.4 Å². The number of halogens is 1. The summed E-state index contributed by atoms with van der Waals surface area (Å²) in [6, 6.07) is 5.62. The molecule has 2 rings (SSSR count). The van der Waals surface area contributed by atoms with Crippen LogP contribution in [-0.2, 0) is 0 Å². The van der Waals surface area contributed by atoms with Crippen LogP contribution in [0.1, 0.15) is 15.2 Å². The number of nitrogens with one attached hydrogen (secondary N) is 2. The van der Waals surface area contributed by atoms with Crippen molar-refractivity contribution in [1.29, 1.82) is 0 Å². The lowest BCUT2D eigenvalue weighted by molar-refractivity contribution is 0.103. The van der Waals surface area contributed by atoms with E-state index >= 15 is 0 Å². The van der Waals surface area contributed by atoms with Crippen molar-refractivity contribution < 1.29 is 4.79 Å². The first kappa shape index (κ1) is 13.8. The fraction of sp³-hybridized carbons (Fsp3) is 0.167. The molecule has 19 heavy (non-hydrogen) atoms. The molecule has 4 N–H and O–H groups in total. The Morgan fingerprint density at radius 1 is 1.47 bits per heavy atom. The number of nitrogen functional groups attached to an aromatic ring is 1. The van der Waals surface area contributed by atoms with Crippen LogP contribution in [0.5, 0.6) is 0 Å². The number of benzene rings is 1. The lowest BCUT2D eigenvalue weighted by Crippen LogP contribution is -2.12. The summed E-state index contributed by atoms with van der Waals surface area (Å²) in [5.74, 6) is -0.0229. The molecular formula is C12H13BrN4OS. The van der Waals surface area contributed by atoms with Crippen LogP contribution in [-0.4, -0.2) is 17.9 Å². The number of aryl methyl sites for hydroxylation is 1. The van der Waals surface area contributed by atoms with Gasteiger partial charge in [-0.1, -0.05) is 33.3 Å². The van der Waals surface area contributed by atoms with E-state index in [-0.39, 0.29) is 11.7 Å². The van der Waals surface area contributed by atoms with Crippen LogP contribution in [0, 0.1) is 6.92 Å². The molecule has 1 heterocycles. The fourth-order valence-corrected chi connectivity index (χ4v) is 2.57. The Morgan fingerprint density at radius 2 is 2.21 bits per heavy atom. The maximum absolute atomic E-state index is 12.1. The van der Waals surface area contributed by atoms with Crippen molar-refractivity contribution in [1.82, 2.24) is 4.98 Å². The Bertz CT molecular complexity index is 626. The molecule has 1 aromatic carbocycles. The van der Waals surface area contributed by atoms with E-state index in [1.807, 2.05) is 25.1 Å². The molecule has 1 amide bonds. The summed E-state index contributed by atoms with van der Waals surface area (Å²) < 4.78 is 0.943. The number of rotatable bonds is 3. The molecule has 0 atom stereocenters. The normalized spacial score (nSPS) is 10.3. The van der Waals surface area contributed by atoms with Gasteiger partial charge in [-0.3, -0.25) is 4.79 Å². The molecule has 2 aromatic rings. The van der Waals surface area contributed by atoms with Crippen LogP contribution in [0.25, 0.3) is 0 Å². The number of amides is 1. The minimum Gasteiger partial charge on any atom is -0.382 e. The molecule has 0 saturated carbocycles. The van der Waals surface area contributed by atoms with Crippen molar-refractivity contribution >= 4 is 49.8 Å². The first-order chi connectivity index (χ1) is 9.01. The Balaban J connectivity index is 2.20. The molecule has 0 fully saturated rings. The molecule has 0 radical (unpaired) electrons. The summed E-state index contributed by atoms with van der Waals surface area (Å²) in [6.07, 6.45) is 0. The first-order valence-corrected chi connectivity index (χ1v) is 7.13. The van der Waals surface area contributed by atoms with Gasteiger partial charge in [0, 0.05) is 17.2 Å². The predicted octanol–water partition coefficient (Wildman–Crippen LogP) is 3.09. The van der Waals surface area contributed by atoms with Gasteiger partial charge in [-0.15, -0.1) is 0 Å². The van der Waals surface area contributed by atoms with Gasteiger partial charge in [0.25, 0.3) is 5.91 Å². The summed E-state index contributed by atoms with van der Waals surface area (Å²) in [5.41, 5.74) is 7.53. The molecule has 0 saturated heterocycles. The van der Waals surface area contributed by atoms with Crippen molar-refractivity contribution in [3.05, 3.63) is 33.1 Å². The van der Waals surface area contributed by atoms with Crippen molar-refractivity contribution in [2.45, 2.75) is 6.92 Å². The molecule has 5 nitrogen and oxygen atoms in total. The Labute approximate surface area is 123 Å². The van der Waals surface area contributed by atoms with E-state index in [4.69, 9.17) is 5.73 Å². The van der Waals surface area contributed by atoms with Crippen LogP contribution in [0.2, 0.25) is 0 Å². The predicted molar refractivity (Wildman–Crippen MR) is 82.9 cm³/mol. The number of nitrogens with two attached hydrogens (primary N) is 1. The van der Waals surface area contributed by atoms with Crippen molar-refractivity contribution in [2.24, 2.45) is 0 Å². The number of thiazole rings is 1. The third-order valence-electron chi connectivity index (χ3n) is 2.50. The molecule has 0 aliphatic heterocycles. The largest absolute Gasteiger partial charge is 0.382 e. The van der Waals surface area contributed by atoms with Gasteiger partial charge >= 0.3 is 0 Å². The molecule has 1 aromatic heterocycles. The summed E-state index contributed by atoms with van der Waals surface area (Å²) in [7, 11) is 1.73. The summed E-state index contributed by atoms with van der Waals surface area (Å²) in [4.78, 5) is 16.5. The summed E-state index contributed by atoms with van der Waals surface area (Å²) in [5, 5.41) is 6.28. The molecule has 100 valence electrons. The maximum Gasteiger partial charge on any atom is 0.269 e. The highest BCUT2D eigenvalue weighted by atomic mass is 79.9. The molecule has 0 bridgehead atoms. The van der Waals surface area contributed by atoms with Crippen LogP contribution in [0.3, 0.4) is 0 Å². The number of carbonyl (C=O) groups excluding carboxylic acids is 1. The molecule has 0 spiro atoms. The topological polar surface area (TPSA) is 80.0 Å². The van der Waals surface area contributed by atoms with Gasteiger partial charge in [0.05, 0.1) is 0 Å². The Morgan fingerprint density at radius 3 is 2.79 bits per heavy atom. The highest BCUT2D eigenvalue weighted by Crippen LogP contribution is 2.26. The van der Waals surface area contributed by atoms with Crippen LogP contribution < -0.4 is 16.4 Å². The van der Waals surface area contributed by atoms with E-state index in [2.05, 4.69) is 31.5 Å². The maximum atomic E-state index is 12.1. The number of anilines is 3. The number of hydrogen-bond acceptors (Lipinski definition) is 5. The fourth-order valence-electron chi connectivity index (χ4n) is 1.46. The highest BCUT2D eigenvalue weighted by Gasteiger charge is 2.16. The second-order valence-corrected chi connectivity index (χ2v) is 5.75. The minimum absolute atomic E-state index is 0.234. The lowest BCUT2D eigenvalue weighted by Gasteiger charge is -2.05. The average molecular weight is 341 g/mol. The zero-order chi connectivity index (χ0) is 14.0. The third-order valence-corrected chi connectivity index (χ3v) is 4.44. The quantitative estimate of drug-likeness (QED) is 0.801. The third kappa shape index (κ3) is 3.05. The van der Waals surface area contributed by atoms with E-state index < -0.39 is 0 Å². The van der Waals surface area contributed by atoms with E-state index in [9.17, 15) is 4.79 Å². The smallest absolute Gasteiger partial charge is 0.269 e. The monoisotopic (exact) mass is 340 g/mol. The van der Waals surface area contributed by atoms with Gasteiger partial charge in [-0.2, -0.15) is 0 Å². The standard InChI is InChI=1S/C12H13BrN4OS/c1-6-3-4-7(5-8(6)13)16-11(18)9-10(14)17-12(15-2)19-9/h3-5H,14H2,1-2H3,(H,15,17)(H,16,18). The molecule has 0 unspecified atom stereocenters. The second-order valence-electron chi connectivity index (χ2n) is 3.90. The number of nitrogens with zero attached hydrogens (tertiary/aromatic N) is 1. The van der Waals surface area contributed by atoms with E-state index in [1.54, 1.807) is 7.05 Å². The average Bonchev–Trinajstić information content (AvgIpc) is 2.75. The summed E-state index contributed by atoms with van der Waals surface area (Å²) in [6.45, 7) is 1.98. The van der Waals surface area contributed by atoms with Crippen molar-refractivity contribution in [2.75, 3.05) is 23.4 Å². The van der Waals surface area contributed by atoms with Crippen molar-refractivity contribution in [3.8, 4) is 0 Å². The van der Waals surface area contributed by atoms with E-state index in [1.165, 1.54) is 11.3 Å². The first-order valence-electron chi connectivity index (χ1n) is 5.53. The molecule has 0 aliphatic rings. The number of hydrogen-bond donors (Lipinski definition) is 3. The van der Waals surface area contributed by atoms with Crippen molar-refractivity contribution in [3.63, 3.8) is 0 Å². The Kier molecular flexibility index (Phi) is 4.06. The van der Waals surface area contributed by atoms with E-state index in [0.717, 1.165) is 10.0 Å². The molecular weight excluding hydrogens is 328 g/mol. The number of aromatic nitrogens is 1. The van der Waals surface area contributed by atoms with Crippen LogP contribution in [0.4, 0.5) is 16.6 Å². The van der Waals surface area contributed by atoms with Gasteiger partial charge in [-0.25, -0.2) is 4.98 Å². The van der Waals surface area contributed by atoms with Crippen LogP contribution >= 0.6 is 27.3 Å². The number of carbonyl (C=O) groups is 1. The van der Waals surface area contributed by atoms with E-state index in [0.29, 0.717) is 15.7 Å². The highest BCUT2D eigenvalue weighted by molar-refractivity contribution is 9.10. The molecule has 7 heteroatoms. The van der Waals surface area contributed by atoms with Gasteiger partial charge in [-0.05, 0) is 24.6 Å². The van der Waals surface area contributed by atoms with Gasteiger partial charge in [0.1, 0.15) is 10.7 Å². The second kappa shape index (κ2) is 5.58. The SMILES string of the molecule is CNc1nc(N)c(C(=O)Nc2ccc(C)c(Br)c2)s1. The lowest BCUT2D eigenvalue weighted by atomic mass is 10.2. The zero-order valence-electron chi connectivity index (χ0n) is 10.5. The van der Waals surface area contributed by atoms with Crippen LogP contribution in [0.15, 0.2) is 22.7 Å². The van der Waals surface area contributed by atoms with Gasteiger partial charge in [0.2, 0.25) is 0 Å². The Hall–Kier alpha value is -1.60. The van der Waals surface area contributed by atoms with Gasteiger partial charge in [0.15, 0.2) is 5.13 Å². The minimum atomic E-state index is -0.257. The zero-order valence-corrected chi connectivity index (χ0v) is 12.9. The molecule has 0 aliphatic carbocycles. The summed E-state index contributed by atoms with van der Waals surface area (Å²) >= 11 is 4.65.